The van der Waals surface area contributed by atoms with Gasteiger partial charge in [-0.05, 0) is 12.1 Å². The summed E-state index contributed by atoms with van der Waals surface area (Å²) in [4.78, 5) is 32.2. The minimum Gasteiger partial charge on any atom is -0.469 e. The van der Waals surface area contributed by atoms with Gasteiger partial charge in [-0.1, -0.05) is 0 Å². The number of rotatable bonds is 4. The van der Waals surface area contributed by atoms with Gasteiger partial charge in [0.2, 0.25) is 6.23 Å². The number of nitrogen functional groups attached to an aromatic ring is 1. The first-order valence-corrected chi connectivity index (χ1v) is 6.89. The van der Waals surface area contributed by atoms with Gasteiger partial charge in [-0.15, -0.1) is 0 Å². The van der Waals surface area contributed by atoms with Crippen LogP contribution in [0.2, 0.25) is 0 Å². The van der Waals surface area contributed by atoms with Crippen LogP contribution in [0, 0.1) is 0 Å². The number of nitrogens with two attached hydrogens (primary N) is 1. The Morgan fingerprint density at radius 1 is 1.55 bits per heavy atom. The minimum atomic E-state index is -4.65. The highest BCUT2D eigenvalue weighted by atomic mass is 31.2. The third-order valence-electron chi connectivity index (χ3n) is 2.42. The SMILES string of the molecule is Nc1ccn(C2OC(COP(=O)(O)O)=C[C@H]2O)c(=O)n1. The van der Waals surface area contributed by atoms with Crippen molar-refractivity contribution >= 4 is 13.6 Å². The maximum atomic E-state index is 11.6. The van der Waals surface area contributed by atoms with Gasteiger partial charge in [-0.25, -0.2) is 9.36 Å². The average Bonchev–Trinajstić information content (AvgIpc) is 2.67. The standard InChI is InChI=1S/C9H12N3O7P/c10-7-1-2-12(9(14)11-7)8-6(13)3-5(19-8)4-18-20(15,16)17/h1-3,6,8,13H,4H2,(H2,10,11,14)(H2,15,16,17)/t6-,8?/m1/s1. The van der Waals surface area contributed by atoms with E-state index in [0.717, 1.165) is 4.57 Å². The number of aliphatic hydroxyl groups excluding tert-OH is 1. The van der Waals surface area contributed by atoms with Crippen LogP contribution in [0.5, 0.6) is 0 Å². The van der Waals surface area contributed by atoms with Crippen molar-refractivity contribution < 1.29 is 28.7 Å². The van der Waals surface area contributed by atoms with E-state index in [2.05, 4.69) is 9.51 Å². The molecule has 1 aliphatic heterocycles. The highest BCUT2D eigenvalue weighted by Gasteiger charge is 2.31. The Morgan fingerprint density at radius 2 is 2.25 bits per heavy atom. The first-order valence-electron chi connectivity index (χ1n) is 5.36. The van der Waals surface area contributed by atoms with Crippen LogP contribution in [0.1, 0.15) is 6.23 Å². The summed E-state index contributed by atoms with van der Waals surface area (Å²) < 4.78 is 21.0. The van der Waals surface area contributed by atoms with E-state index in [1.54, 1.807) is 0 Å². The molecule has 2 rings (SSSR count). The zero-order valence-electron chi connectivity index (χ0n) is 9.99. The molecule has 0 saturated carbocycles. The quantitative estimate of drug-likeness (QED) is 0.496. The van der Waals surface area contributed by atoms with E-state index in [1.807, 2.05) is 0 Å². The molecule has 0 radical (unpaired) electrons. The van der Waals surface area contributed by atoms with Gasteiger partial charge in [-0.3, -0.25) is 9.09 Å². The molecule has 1 aromatic rings. The van der Waals surface area contributed by atoms with Crippen LogP contribution in [-0.4, -0.2) is 37.2 Å². The maximum Gasteiger partial charge on any atom is 0.470 e. The van der Waals surface area contributed by atoms with Crippen LogP contribution in [0.4, 0.5) is 5.82 Å². The number of hydrogen-bond acceptors (Lipinski definition) is 7. The predicted molar refractivity (Wildman–Crippen MR) is 65.1 cm³/mol. The van der Waals surface area contributed by atoms with Gasteiger partial charge >= 0.3 is 13.5 Å². The van der Waals surface area contributed by atoms with E-state index < -0.39 is 32.5 Å². The van der Waals surface area contributed by atoms with Gasteiger partial charge in [0.05, 0.1) is 0 Å². The van der Waals surface area contributed by atoms with E-state index in [0.29, 0.717) is 0 Å². The minimum absolute atomic E-state index is 0.00505. The van der Waals surface area contributed by atoms with E-state index >= 15 is 0 Å². The third-order valence-corrected chi connectivity index (χ3v) is 2.89. The third kappa shape index (κ3) is 3.44. The number of phosphoric ester groups is 1. The van der Waals surface area contributed by atoms with Gasteiger partial charge in [0.15, 0.2) is 0 Å². The highest BCUT2D eigenvalue weighted by Crippen LogP contribution is 2.37. The second kappa shape index (κ2) is 5.35. The molecular formula is C9H12N3O7P. The number of aromatic nitrogens is 2. The molecule has 20 heavy (non-hydrogen) atoms. The average molecular weight is 305 g/mol. The summed E-state index contributed by atoms with van der Waals surface area (Å²) in [6.07, 6.45) is 0.196. The molecule has 5 N–H and O–H groups in total. The molecule has 0 amide bonds. The Labute approximate surface area is 112 Å². The Bertz CT molecular complexity index is 637. The van der Waals surface area contributed by atoms with Gasteiger partial charge < -0.3 is 25.4 Å². The molecule has 2 atom stereocenters. The summed E-state index contributed by atoms with van der Waals surface area (Å²) in [6.45, 7) is -0.533. The largest absolute Gasteiger partial charge is 0.470 e. The van der Waals surface area contributed by atoms with Crippen molar-refractivity contribution in [2.24, 2.45) is 0 Å². The fourth-order valence-electron chi connectivity index (χ4n) is 1.61. The summed E-state index contributed by atoms with van der Waals surface area (Å²) in [5, 5.41) is 9.77. The zero-order valence-corrected chi connectivity index (χ0v) is 10.9. The van der Waals surface area contributed by atoms with Gasteiger partial charge in [0, 0.05) is 6.20 Å². The molecule has 0 spiro atoms. The van der Waals surface area contributed by atoms with Crippen LogP contribution < -0.4 is 11.4 Å². The lowest BCUT2D eigenvalue weighted by Gasteiger charge is -2.18. The fraction of sp³-hybridized carbons (Fsp3) is 0.333. The van der Waals surface area contributed by atoms with E-state index in [9.17, 15) is 14.5 Å². The number of nitrogens with zero attached hydrogens (tertiary/aromatic N) is 2. The van der Waals surface area contributed by atoms with Crippen molar-refractivity contribution in [2.75, 3.05) is 12.3 Å². The van der Waals surface area contributed by atoms with E-state index in [1.165, 1.54) is 18.3 Å². The number of aliphatic hydroxyl groups is 1. The van der Waals surface area contributed by atoms with E-state index in [4.69, 9.17) is 20.3 Å². The first-order chi connectivity index (χ1) is 9.26. The molecule has 0 fully saturated rings. The summed E-state index contributed by atoms with van der Waals surface area (Å²) in [6, 6.07) is 1.35. The summed E-state index contributed by atoms with van der Waals surface area (Å²) in [5.74, 6) is 0.0197. The molecule has 1 unspecified atom stereocenters. The lowest BCUT2D eigenvalue weighted by molar-refractivity contribution is -0.0103. The van der Waals surface area contributed by atoms with Crippen molar-refractivity contribution in [1.82, 2.24) is 9.55 Å². The second-order valence-corrected chi connectivity index (χ2v) is 5.18. The molecule has 0 bridgehead atoms. The van der Waals surface area contributed by atoms with Crippen molar-refractivity contribution in [2.45, 2.75) is 12.3 Å². The molecular weight excluding hydrogens is 293 g/mol. The van der Waals surface area contributed by atoms with Gasteiger partial charge in [0.1, 0.15) is 24.3 Å². The van der Waals surface area contributed by atoms with Gasteiger partial charge in [-0.2, -0.15) is 4.98 Å². The molecule has 11 heteroatoms. The van der Waals surface area contributed by atoms with Crippen molar-refractivity contribution in [1.29, 1.82) is 0 Å². The Hall–Kier alpha value is -1.71. The van der Waals surface area contributed by atoms with Crippen LogP contribution in [-0.2, 0) is 13.8 Å². The lowest BCUT2D eigenvalue weighted by atomic mass is 10.3. The highest BCUT2D eigenvalue weighted by molar-refractivity contribution is 7.46. The molecule has 10 nitrogen and oxygen atoms in total. The van der Waals surface area contributed by atoms with Crippen LogP contribution in [0.3, 0.4) is 0 Å². The van der Waals surface area contributed by atoms with Crippen LogP contribution in [0.25, 0.3) is 0 Å². The van der Waals surface area contributed by atoms with Gasteiger partial charge in [0.25, 0.3) is 0 Å². The summed E-state index contributed by atoms with van der Waals surface area (Å²) in [7, 11) is -4.65. The lowest BCUT2D eigenvalue weighted by Crippen LogP contribution is -2.32. The summed E-state index contributed by atoms with van der Waals surface area (Å²) in [5.41, 5.74) is 4.61. The van der Waals surface area contributed by atoms with Crippen molar-refractivity contribution in [3.8, 4) is 0 Å². The van der Waals surface area contributed by atoms with Crippen LogP contribution in [0.15, 0.2) is 28.9 Å². The number of phosphoric acid groups is 1. The van der Waals surface area contributed by atoms with Crippen molar-refractivity contribution in [3.63, 3.8) is 0 Å². The molecule has 110 valence electrons. The molecule has 2 heterocycles. The normalized spacial score (nSPS) is 22.4. The predicted octanol–water partition coefficient (Wildman–Crippen LogP) is -1.29. The molecule has 0 saturated heterocycles. The molecule has 0 aliphatic carbocycles. The number of anilines is 1. The Morgan fingerprint density at radius 3 is 2.85 bits per heavy atom. The van der Waals surface area contributed by atoms with Crippen LogP contribution >= 0.6 is 7.82 Å². The monoisotopic (exact) mass is 305 g/mol. The topological polar surface area (TPSA) is 157 Å². The first kappa shape index (κ1) is 14.7. The van der Waals surface area contributed by atoms with E-state index in [-0.39, 0.29) is 11.6 Å². The Kier molecular flexibility index (Phi) is 3.93. The number of ether oxygens (including phenoxy) is 1. The fourth-order valence-corrected chi connectivity index (χ4v) is 1.90. The zero-order chi connectivity index (χ0) is 14.9. The smallest absolute Gasteiger partial charge is 0.469 e. The molecule has 1 aromatic heterocycles. The second-order valence-electron chi connectivity index (χ2n) is 3.94. The number of hydrogen-bond donors (Lipinski definition) is 4. The summed E-state index contributed by atoms with van der Waals surface area (Å²) >= 11 is 0. The van der Waals surface area contributed by atoms with Crippen molar-refractivity contribution in [3.05, 3.63) is 34.6 Å². The molecule has 0 aromatic carbocycles. The molecule has 1 aliphatic rings. The Balaban J connectivity index is 2.10. The maximum absolute atomic E-state index is 11.6.